The molecular formula is C24H28ClN3O6S. The molecule has 1 aromatic heterocycles. The Bertz CT molecular complexity index is 1150. The second kappa shape index (κ2) is 12.1. The van der Waals surface area contributed by atoms with Gasteiger partial charge in [-0.25, -0.2) is 4.42 Å². The van der Waals surface area contributed by atoms with Crippen molar-refractivity contribution in [3.8, 4) is 45.4 Å². The highest BCUT2D eigenvalue weighted by Gasteiger charge is 2.25. The summed E-state index contributed by atoms with van der Waals surface area (Å²) in [6, 6.07) is 8.04. The van der Waals surface area contributed by atoms with E-state index in [1.807, 2.05) is 12.3 Å². The summed E-state index contributed by atoms with van der Waals surface area (Å²) >= 11 is 8.06. The van der Waals surface area contributed by atoms with Gasteiger partial charge in [-0.3, -0.25) is 4.79 Å². The lowest BCUT2D eigenvalue weighted by Gasteiger charge is -2.21. The van der Waals surface area contributed by atoms with Crippen LogP contribution >= 0.6 is 23.5 Å². The Morgan fingerprint density at radius 1 is 1.06 bits per heavy atom. The highest BCUT2D eigenvalue weighted by atomic mass is 35.5. The van der Waals surface area contributed by atoms with Gasteiger partial charge in [0, 0.05) is 22.9 Å². The number of thioether (sulfide) groups is 1. The largest absolute Gasteiger partial charge is 0.495 e. The minimum absolute atomic E-state index is 0.355. The summed E-state index contributed by atoms with van der Waals surface area (Å²) in [6.45, 7) is 0. The van der Waals surface area contributed by atoms with Crippen molar-refractivity contribution in [2.24, 2.45) is 5.73 Å². The molecule has 11 heteroatoms. The van der Waals surface area contributed by atoms with Gasteiger partial charge in [0.05, 0.1) is 40.7 Å². The van der Waals surface area contributed by atoms with Gasteiger partial charge >= 0.3 is 0 Å². The van der Waals surface area contributed by atoms with Crippen molar-refractivity contribution >= 4 is 35.1 Å². The molecule has 1 atom stereocenters. The first-order valence-electron chi connectivity index (χ1n) is 10.6. The number of amides is 1. The number of benzene rings is 2. The molecule has 0 radical (unpaired) electrons. The number of aromatic nitrogens is 1. The third kappa shape index (κ3) is 5.61. The van der Waals surface area contributed by atoms with Crippen LogP contribution in [0.5, 0.6) is 23.0 Å². The van der Waals surface area contributed by atoms with Crippen molar-refractivity contribution in [1.82, 2.24) is 5.16 Å². The SMILES string of the molecule is COc1ccc(-c2cnoc2-c2cc(OC)c(OC)c(OC)c2)cc1N(Cl)C(=O)C(N)CCSC. The van der Waals surface area contributed by atoms with Gasteiger partial charge in [-0.05, 0) is 48.3 Å². The molecule has 188 valence electrons. The van der Waals surface area contributed by atoms with Crippen molar-refractivity contribution in [1.29, 1.82) is 0 Å². The molecular weight excluding hydrogens is 494 g/mol. The quantitative estimate of drug-likeness (QED) is 0.362. The van der Waals surface area contributed by atoms with Gasteiger partial charge in [-0.1, -0.05) is 11.2 Å². The van der Waals surface area contributed by atoms with Crippen LogP contribution in [0.2, 0.25) is 0 Å². The topological polar surface area (TPSA) is 109 Å². The maximum absolute atomic E-state index is 12.8. The molecule has 2 aromatic carbocycles. The van der Waals surface area contributed by atoms with Gasteiger partial charge in [-0.15, -0.1) is 0 Å². The Morgan fingerprint density at radius 3 is 2.29 bits per heavy atom. The Balaban J connectivity index is 2.05. The van der Waals surface area contributed by atoms with E-state index in [0.717, 1.165) is 10.2 Å². The molecule has 0 bridgehead atoms. The van der Waals surface area contributed by atoms with E-state index in [-0.39, 0.29) is 0 Å². The highest BCUT2D eigenvalue weighted by molar-refractivity contribution is 7.98. The van der Waals surface area contributed by atoms with Crippen LogP contribution in [-0.2, 0) is 4.79 Å². The second-order valence-electron chi connectivity index (χ2n) is 7.38. The van der Waals surface area contributed by atoms with Gasteiger partial charge < -0.3 is 29.2 Å². The lowest BCUT2D eigenvalue weighted by molar-refractivity contribution is -0.118. The lowest BCUT2D eigenvalue weighted by atomic mass is 10.0. The molecule has 1 heterocycles. The number of hydrogen-bond donors (Lipinski definition) is 1. The van der Waals surface area contributed by atoms with E-state index in [2.05, 4.69) is 5.16 Å². The van der Waals surface area contributed by atoms with Crippen LogP contribution in [0.25, 0.3) is 22.5 Å². The van der Waals surface area contributed by atoms with E-state index in [1.165, 1.54) is 28.4 Å². The number of halogens is 1. The maximum Gasteiger partial charge on any atom is 0.258 e. The Kier molecular flexibility index (Phi) is 9.13. The van der Waals surface area contributed by atoms with Crippen molar-refractivity contribution in [2.75, 3.05) is 44.9 Å². The average Bonchev–Trinajstić information content (AvgIpc) is 3.39. The first-order valence-corrected chi connectivity index (χ1v) is 12.3. The molecule has 1 amide bonds. The number of rotatable bonds is 11. The zero-order chi connectivity index (χ0) is 25.5. The van der Waals surface area contributed by atoms with Gasteiger partial charge in [0.15, 0.2) is 17.3 Å². The number of nitrogens with two attached hydrogens (primary N) is 1. The number of carbonyl (C=O) groups excluding carboxylic acids is 1. The number of anilines is 1. The van der Waals surface area contributed by atoms with Crippen LogP contribution < -0.4 is 29.1 Å². The molecule has 0 fully saturated rings. The van der Waals surface area contributed by atoms with E-state index in [1.54, 1.807) is 42.2 Å². The van der Waals surface area contributed by atoms with Crippen molar-refractivity contribution in [3.63, 3.8) is 0 Å². The Hall–Kier alpha value is -3.08. The number of nitrogens with zero attached hydrogens (tertiary/aromatic N) is 2. The molecule has 0 spiro atoms. The first kappa shape index (κ1) is 26.5. The molecule has 9 nitrogen and oxygen atoms in total. The van der Waals surface area contributed by atoms with E-state index >= 15 is 0 Å². The number of carbonyl (C=O) groups is 1. The van der Waals surface area contributed by atoms with Crippen molar-refractivity contribution < 1.29 is 28.3 Å². The number of hydrogen-bond acceptors (Lipinski definition) is 9. The van der Waals surface area contributed by atoms with Crippen LogP contribution in [0.3, 0.4) is 0 Å². The molecule has 0 aliphatic heterocycles. The fourth-order valence-electron chi connectivity index (χ4n) is 3.51. The van der Waals surface area contributed by atoms with Crippen molar-refractivity contribution in [3.05, 3.63) is 36.5 Å². The molecule has 0 saturated carbocycles. The van der Waals surface area contributed by atoms with E-state index in [4.69, 9.17) is 41.0 Å². The number of ether oxygens (including phenoxy) is 4. The summed E-state index contributed by atoms with van der Waals surface area (Å²) in [5.41, 5.74) is 8.42. The molecule has 0 aliphatic carbocycles. The summed E-state index contributed by atoms with van der Waals surface area (Å²) in [4.78, 5) is 12.8. The van der Waals surface area contributed by atoms with Gasteiger partial charge in [-0.2, -0.15) is 11.8 Å². The predicted molar refractivity (Wildman–Crippen MR) is 138 cm³/mol. The molecule has 0 aliphatic rings. The van der Waals surface area contributed by atoms with Gasteiger partial charge in [0.2, 0.25) is 5.75 Å². The molecule has 2 N–H and O–H groups in total. The summed E-state index contributed by atoms with van der Waals surface area (Å²) in [6.07, 6.45) is 4.03. The second-order valence-corrected chi connectivity index (χ2v) is 8.70. The summed E-state index contributed by atoms with van der Waals surface area (Å²) in [7, 11) is 6.11. The standard InChI is InChI=1S/C24H28ClN3O6S/c1-30-19-7-6-14(10-18(19)28(25)24(29)17(26)8-9-35-5)16-13-27-34-22(16)15-11-20(31-2)23(33-4)21(12-15)32-3/h6-7,10-13,17H,8-9,26H2,1-5H3. The fraction of sp³-hybridized carbons (Fsp3) is 0.333. The maximum atomic E-state index is 12.8. The third-order valence-electron chi connectivity index (χ3n) is 5.34. The lowest BCUT2D eigenvalue weighted by Crippen LogP contribution is -2.39. The Morgan fingerprint density at radius 2 is 1.71 bits per heavy atom. The summed E-state index contributed by atoms with van der Waals surface area (Å²) < 4.78 is 28.4. The zero-order valence-corrected chi connectivity index (χ0v) is 21.7. The van der Waals surface area contributed by atoms with Gasteiger partial charge in [0.25, 0.3) is 5.91 Å². The third-order valence-corrected chi connectivity index (χ3v) is 6.34. The minimum Gasteiger partial charge on any atom is -0.495 e. The van der Waals surface area contributed by atoms with Crippen LogP contribution in [0, 0.1) is 0 Å². The molecule has 0 saturated heterocycles. The smallest absolute Gasteiger partial charge is 0.258 e. The first-order chi connectivity index (χ1) is 16.9. The van der Waals surface area contributed by atoms with Crippen LogP contribution in [-0.4, -0.2) is 57.6 Å². The minimum atomic E-state index is -0.737. The summed E-state index contributed by atoms with van der Waals surface area (Å²) in [5.74, 6) is 2.59. The van der Waals surface area contributed by atoms with E-state index in [0.29, 0.717) is 57.6 Å². The fourth-order valence-corrected chi connectivity index (χ4v) is 4.26. The predicted octanol–water partition coefficient (Wildman–Crippen LogP) is 4.61. The zero-order valence-electron chi connectivity index (χ0n) is 20.2. The monoisotopic (exact) mass is 521 g/mol. The molecule has 1 unspecified atom stereocenters. The van der Waals surface area contributed by atoms with Crippen molar-refractivity contribution in [2.45, 2.75) is 12.5 Å². The van der Waals surface area contributed by atoms with Gasteiger partial charge in [0.1, 0.15) is 11.4 Å². The van der Waals surface area contributed by atoms with Crippen LogP contribution in [0.1, 0.15) is 6.42 Å². The molecule has 3 rings (SSSR count). The van der Waals surface area contributed by atoms with Crippen LogP contribution in [0.15, 0.2) is 41.1 Å². The summed E-state index contributed by atoms with van der Waals surface area (Å²) in [5, 5.41) is 3.99. The van der Waals surface area contributed by atoms with E-state index in [9.17, 15) is 4.79 Å². The average molecular weight is 522 g/mol. The highest BCUT2D eigenvalue weighted by Crippen LogP contribution is 2.44. The Labute approximate surface area is 213 Å². The van der Waals surface area contributed by atoms with Crippen LogP contribution in [0.4, 0.5) is 5.69 Å². The molecule has 3 aromatic rings. The van der Waals surface area contributed by atoms with E-state index < -0.39 is 11.9 Å². The number of methoxy groups -OCH3 is 4. The molecule has 35 heavy (non-hydrogen) atoms. The normalized spacial score (nSPS) is 11.6.